The lowest BCUT2D eigenvalue weighted by Gasteiger charge is -2.32. The molecule has 1 aliphatic rings. The van der Waals surface area contributed by atoms with Gasteiger partial charge in [-0.2, -0.15) is 11.8 Å². The Labute approximate surface area is 119 Å². The van der Waals surface area contributed by atoms with Crippen LogP contribution in [-0.4, -0.2) is 52.6 Å². The van der Waals surface area contributed by atoms with Crippen LogP contribution < -0.4 is 5.32 Å². The molecule has 0 aromatic carbocycles. The molecule has 0 radical (unpaired) electrons. The summed E-state index contributed by atoms with van der Waals surface area (Å²) < 4.78 is 0. The summed E-state index contributed by atoms with van der Waals surface area (Å²) in [6.45, 7) is 5.44. The molecule has 110 valence electrons. The lowest BCUT2D eigenvalue weighted by Crippen LogP contribution is -2.47. The maximum absolute atomic E-state index is 12.0. The Balaban J connectivity index is 2.26. The molecule has 2 amide bonds. The van der Waals surface area contributed by atoms with Crippen LogP contribution in [0.2, 0.25) is 0 Å². The van der Waals surface area contributed by atoms with Gasteiger partial charge >= 0.3 is 12.0 Å². The number of carbonyl (C=O) groups excluding carboxylic acids is 1. The second kappa shape index (κ2) is 8.30. The molecule has 2 N–H and O–H groups in total. The quantitative estimate of drug-likeness (QED) is 0.784. The molecule has 0 aliphatic carbocycles. The third kappa shape index (κ3) is 6.18. The number of hydrogen-bond acceptors (Lipinski definition) is 3. The van der Waals surface area contributed by atoms with Crippen LogP contribution in [0.25, 0.3) is 0 Å². The van der Waals surface area contributed by atoms with E-state index in [0.717, 1.165) is 24.3 Å². The van der Waals surface area contributed by atoms with Crippen molar-refractivity contribution in [2.24, 2.45) is 5.92 Å². The van der Waals surface area contributed by atoms with Crippen molar-refractivity contribution in [3.8, 4) is 0 Å². The normalized spacial score (nSPS) is 18.1. The Bertz CT molecular complexity index is 304. The number of aliphatic carboxylic acids is 1. The lowest BCUT2D eigenvalue weighted by atomic mass is 9.94. The van der Waals surface area contributed by atoms with Crippen LogP contribution in [0, 0.1) is 5.92 Å². The minimum absolute atomic E-state index is 0.0158. The van der Waals surface area contributed by atoms with Crippen molar-refractivity contribution in [2.45, 2.75) is 39.2 Å². The maximum Gasteiger partial charge on any atom is 0.317 e. The highest BCUT2D eigenvalue weighted by molar-refractivity contribution is 7.99. The molecule has 0 aromatic heterocycles. The van der Waals surface area contributed by atoms with Gasteiger partial charge in [-0.25, -0.2) is 4.79 Å². The molecule has 0 bridgehead atoms. The fraction of sp³-hybridized carbons (Fsp3) is 0.846. The standard InChI is InChI=1S/C13H24N2O3S/c1-3-19-9-10(2)14-13(18)15-6-4-11(5-7-15)8-12(16)17/h10-11H,3-9H2,1-2H3,(H,14,18)(H,16,17). The Kier molecular flexibility index (Phi) is 7.05. The average Bonchev–Trinajstić information content (AvgIpc) is 2.36. The first-order valence-corrected chi connectivity index (χ1v) is 8.03. The van der Waals surface area contributed by atoms with Crippen molar-refractivity contribution in [2.75, 3.05) is 24.6 Å². The number of carboxylic acids is 1. The van der Waals surface area contributed by atoms with Crippen LogP contribution in [0.15, 0.2) is 0 Å². The first kappa shape index (κ1) is 16.1. The summed E-state index contributed by atoms with van der Waals surface area (Å²) in [6.07, 6.45) is 1.80. The summed E-state index contributed by atoms with van der Waals surface area (Å²) >= 11 is 1.81. The molecule has 1 unspecified atom stereocenters. The molecule has 1 aliphatic heterocycles. The Hall–Kier alpha value is -0.910. The van der Waals surface area contributed by atoms with E-state index in [9.17, 15) is 9.59 Å². The number of likely N-dealkylation sites (tertiary alicyclic amines) is 1. The van der Waals surface area contributed by atoms with Gasteiger partial charge in [0, 0.05) is 31.3 Å². The van der Waals surface area contributed by atoms with E-state index in [1.54, 1.807) is 4.90 Å². The smallest absolute Gasteiger partial charge is 0.317 e. The summed E-state index contributed by atoms with van der Waals surface area (Å²) in [4.78, 5) is 24.4. The molecule has 1 atom stereocenters. The fourth-order valence-corrected chi connectivity index (χ4v) is 2.90. The molecular formula is C13H24N2O3S. The van der Waals surface area contributed by atoms with Crippen LogP contribution in [0.1, 0.15) is 33.1 Å². The van der Waals surface area contributed by atoms with Gasteiger partial charge in [0.1, 0.15) is 0 Å². The van der Waals surface area contributed by atoms with Crippen molar-refractivity contribution in [1.82, 2.24) is 10.2 Å². The van der Waals surface area contributed by atoms with E-state index >= 15 is 0 Å². The average molecular weight is 288 g/mol. The maximum atomic E-state index is 12.0. The zero-order valence-electron chi connectivity index (χ0n) is 11.7. The minimum Gasteiger partial charge on any atom is -0.481 e. The van der Waals surface area contributed by atoms with Gasteiger partial charge in [-0.3, -0.25) is 4.79 Å². The zero-order chi connectivity index (χ0) is 14.3. The van der Waals surface area contributed by atoms with E-state index in [1.165, 1.54) is 0 Å². The first-order chi connectivity index (χ1) is 9.02. The topological polar surface area (TPSA) is 69.6 Å². The first-order valence-electron chi connectivity index (χ1n) is 6.87. The number of piperidine rings is 1. The van der Waals surface area contributed by atoms with Gasteiger partial charge in [-0.05, 0) is 31.4 Å². The van der Waals surface area contributed by atoms with Gasteiger partial charge in [-0.15, -0.1) is 0 Å². The molecule has 6 heteroatoms. The summed E-state index contributed by atoms with van der Waals surface area (Å²) in [5, 5.41) is 11.7. The molecular weight excluding hydrogens is 264 g/mol. The van der Waals surface area contributed by atoms with E-state index in [2.05, 4.69) is 12.2 Å². The van der Waals surface area contributed by atoms with Gasteiger partial charge in [0.05, 0.1) is 0 Å². The van der Waals surface area contributed by atoms with Gasteiger partial charge in [0.2, 0.25) is 0 Å². The van der Waals surface area contributed by atoms with Crippen molar-refractivity contribution >= 4 is 23.8 Å². The van der Waals surface area contributed by atoms with Crippen LogP contribution in [0.4, 0.5) is 4.79 Å². The molecule has 1 heterocycles. The van der Waals surface area contributed by atoms with E-state index in [1.807, 2.05) is 18.7 Å². The van der Waals surface area contributed by atoms with Crippen molar-refractivity contribution < 1.29 is 14.7 Å². The molecule has 1 saturated heterocycles. The second-order valence-electron chi connectivity index (χ2n) is 5.04. The predicted molar refractivity (Wildman–Crippen MR) is 77.5 cm³/mol. The number of carboxylic acid groups (broad SMARTS) is 1. The highest BCUT2D eigenvalue weighted by atomic mass is 32.2. The number of amides is 2. The molecule has 5 nitrogen and oxygen atoms in total. The van der Waals surface area contributed by atoms with Crippen molar-refractivity contribution in [3.05, 3.63) is 0 Å². The molecule has 0 saturated carbocycles. The molecule has 1 rings (SSSR count). The summed E-state index contributed by atoms with van der Waals surface area (Å²) in [6, 6.07) is 0.159. The Morgan fingerprint density at radius 3 is 2.58 bits per heavy atom. The highest BCUT2D eigenvalue weighted by Crippen LogP contribution is 2.20. The van der Waals surface area contributed by atoms with E-state index in [-0.39, 0.29) is 24.4 Å². The Morgan fingerprint density at radius 1 is 1.42 bits per heavy atom. The van der Waals surface area contributed by atoms with E-state index in [0.29, 0.717) is 13.1 Å². The molecule has 0 spiro atoms. The number of nitrogens with one attached hydrogen (secondary N) is 1. The van der Waals surface area contributed by atoms with Crippen LogP contribution >= 0.6 is 11.8 Å². The predicted octanol–water partition coefficient (Wildman–Crippen LogP) is 2.02. The van der Waals surface area contributed by atoms with Gasteiger partial charge in [0.25, 0.3) is 0 Å². The summed E-state index contributed by atoms with van der Waals surface area (Å²) in [5.41, 5.74) is 0. The second-order valence-corrected chi connectivity index (χ2v) is 6.36. The van der Waals surface area contributed by atoms with Gasteiger partial charge in [-0.1, -0.05) is 6.92 Å². The lowest BCUT2D eigenvalue weighted by molar-refractivity contribution is -0.138. The van der Waals surface area contributed by atoms with Crippen LogP contribution in [0.5, 0.6) is 0 Å². The third-order valence-corrected chi connectivity index (χ3v) is 4.45. The van der Waals surface area contributed by atoms with E-state index < -0.39 is 5.97 Å². The largest absolute Gasteiger partial charge is 0.481 e. The van der Waals surface area contributed by atoms with Crippen molar-refractivity contribution in [3.63, 3.8) is 0 Å². The number of rotatable bonds is 6. The monoisotopic (exact) mass is 288 g/mol. The van der Waals surface area contributed by atoms with Crippen LogP contribution in [-0.2, 0) is 4.79 Å². The minimum atomic E-state index is -0.742. The highest BCUT2D eigenvalue weighted by Gasteiger charge is 2.24. The van der Waals surface area contributed by atoms with Gasteiger partial charge in [0.15, 0.2) is 0 Å². The molecule has 0 aromatic rings. The molecule has 19 heavy (non-hydrogen) atoms. The summed E-state index contributed by atoms with van der Waals surface area (Å²) in [7, 11) is 0. The van der Waals surface area contributed by atoms with E-state index in [4.69, 9.17) is 5.11 Å². The number of hydrogen-bond donors (Lipinski definition) is 2. The third-order valence-electron chi connectivity index (χ3n) is 3.31. The fourth-order valence-electron chi connectivity index (χ4n) is 2.23. The molecule has 1 fully saturated rings. The summed E-state index contributed by atoms with van der Waals surface area (Å²) in [5.74, 6) is 1.46. The number of carbonyl (C=O) groups is 2. The Morgan fingerprint density at radius 2 is 2.05 bits per heavy atom. The van der Waals surface area contributed by atoms with Crippen LogP contribution in [0.3, 0.4) is 0 Å². The van der Waals surface area contributed by atoms with Gasteiger partial charge < -0.3 is 15.3 Å². The van der Waals surface area contributed by atoms with Crippen molar-refractivity contribution in [1.29, 1.82) is 0 Å². The zero-order valence-corrected chi connectivity index (χ0v) is 12.5. The SMILES string of the molecule is CCSCC(C)NC(=O)N1CCC(CC(=O)O)CC1. The number of urea groups is 1. The number of nitrogens with zero attached hydrogens (tertiary/aromatic N) is 1. The number of thioether (sulfide) groups is 1.